The smallest absolute Gasteiger partial charge is 0.274 e. The Bertz CT molecular complexity index is 596. The number of rotatable bonds is 6. The van der Waals surface area contributed by atoms with Gasteiger partial charge in [0, 0.05) is 31.8 Å². The molecular formula is C17H24N4O2. The number of hydrogen-bond donors (Lipinski definition) is 2. The molecule has 0 radical (unpaired) electrons. The third kappa shape index (κ3) is 5.39. The molecule has 1 aromatic carbocycles. The third-order valence-electron chi connectivity index (χ3n) is 3.98. The predicted molar refractivity (Wildman–Crippen MR) is 92.5 cm³/mol. The molecule has 0 bridgehead atoms. The van der Waals surface area contributed by atoms with Gasteiger partial charge >= 0.3 is 0 Å². The summed E-state index contributed by atoms with van der Waals surface area (Å²) in [6.07, 6.45) is 8.34. The summed E-state index contributed by atoms with van der Waals surface area (Å²) < 4.78 is 0. The first-order valence-corrected chi connectivity index (χ1v) is 8.05. The van der Waals surface area contributed by atoms with Crippen LogP contribution in [-0.2, 0) is 6.54 Å². The second-order valence-corrected chi connectivity index (χ2v) is 5.60. The van der Waals surface area contributed by atoms with Crippen molar-refractivity contribution in [3.8, 4) is 0 Å². The Kier molecular flexibility index (Phi) is 6.59. The molecule has 0 heterocycles. The summed E-state index contributed by atoms with van der Waals surface area (Å²) in [6, 6.07) is 6.75. The Morgan fingerprint density at radius 1 is 1.30 bits per heavy atom. The topological polar surface area (TPSA) is 79.6 Å². The lowest BCUT2D eigenvalue weighted by Crippen LogP contribution is -2.37. The van der Waals surface area contributed by atoms with Gasteiger partial charge in [-0.15, -0.1) is 0 Å². The van der Waals surface area contributed by atoms with E-state index in [2.05, 4.69) is 21.7 Å². The van der Waals surface area contributed by atoms with E-state index in [0.717, 1.165) is 13.0 Å². The molecule has 0 amide bonds. The summed E-state index contributed by atoms with van der Waals surface area (Å²) >= 11 is 0. The zero-order valence-electron chi connectivity index (χ0n) is 13.5. The average Bonchev–Trinajstić information content (AvgIpc) is 2.59. The quantitative estimate of drug-likeness (QED) is 0.278. The van der Waals surface area contributed by atoms with Gasteiger partial charge < -0.3 is 10.6 Å². The van der Waals surface area contributed by atoms with Gasteiger partial charge in [-0.25, -0.2) is 0 Å². The molecule has 6 nitrogen and oxygen atoms in total. The SMILES string of the molecule is CN=C(NCCC1=CCCCC1)NCc1ccccc1[N+](=O)[O-]. The van der Waals surface area contributed by atoms with E-state index in [4.69, 9.17) is 0 Å². The monoisotopic (exact) mass is 316 g/mol. The van der Waals surface area contributed by atoms with Gasteiger partial charge in [0.2, 0.25) is 0 Å². The summed E-state index contributed by atoms with van der Waals surface area (Å²) in [5.74, 6) is 0.666. The van der Waals surface area contributed by atoms with E-state index in [1.165, 1.54) is 37.3 Å². The largest absolute Gasteiger partial charge is 0.356 e. The van der Waals surface area contributed by atoms with Gasteiger partial charge in [0.25, 0.3) is 5.69 Å². The van der Waals surface area contributed by atoms with Crippen molar-refractivity contribution in [3.63, 3.8) is 0 Å². The van der Waals surface area contributed by atoms with Crippen molar-refractivity contribution >= 4 is 11.6 Å². The molecule has 1 aliphatic carbocycles. The van der Waals surface area contributed by atoms with Gasteiger partial charge in [0.1, 0.15) is 0 Å². The minimum atomic E-state index is -0.358. The van der Waals surface area contributed by atoms with E-state index in [1.807, 2.05) is 0 Å². The van der Waals surface area contributed by atoms with Crippen molar-refractivity contribution in [3.05, 3.63) is 51.6 Å². The van der Waals surface area contributed by atoms with Crippen LogP contribution in [0.2, 0.25) is 0 Å². The molecule has 23 heavy (non-hydrogen) atoms. The van der Waals surface area contributed by atoms with Crippen molar-refractivity contribution in [2.75, 3.05) is 13.6 Å². The van der Waals surface area contributed by atoms with E-state index >= 15 is 0 Å². The number of nitro benzene ring substituents is 1. The molecule has 0 atom stereocenters. The molecule has 0 spiro atoms. The fourth-order valence-electron chi connectivity index (χ4n) is 2.71. The van der Waals surface area contributed by atoms with E-state index < -0.39 is 0 Å². The number of aliphatic imine (C=N–C) groups is 1. The number of benzene rings is 1. The number of guanidine groups is 1. The van der Waals surface area contributed by atoms with Gasteiger partial charge in [-0.05, 0) is 32.1 Å². The molecule has 0 unspecified atom stereocenters. The minimum Gasteiger partial charge on any atom is -0.356 e. The van der Waals surface area contributed by atoms with Gasteiger partial charge in [0.05, 0.1) is 4.92 Å². The highest BCUT2D eigenvalue weighted by Crippen LogP contribution is 2.19. The number of nitrogens with zero attached hydrogens (tertiary/aromatic N) is 2. The van der Waals surface area contributed by atoms with Crippen molar-refractivity contribution in [1.29, 1.82) is 0 Å². The number of allylic oxidation sites excluding steroid dienone is 1. The van der Waals surface area contributed by atoms with Crippen molar-refractivity contribution < 1.29 is 4.92 Å². The second-order valence-electron chi connectivity index (χ2n) is 5.60. The normalized spacial score (nSPS) is 15.0. The van der Waals surface area contributed by atoms with Gasteiger partial charge in [0.15, 0.2) is 5.96 Å². The first-order chi connectivity index (χ1) is 11.2. The summed E-state index contributed by atoms with van der Waals surface area (Å²) in [4.78, 5) is 14.8. The second kappa shape index (κ2) is 8.92. The lowest BCUT2D eigenvalue weighted by atomic mass is 9.97. The Morgan fingerprint density at radius 2 is 2.13 bits per heavy atom. The molecule has 0 saturated heterocycles. The van der Waals surface area contributed by atoms with Crippen LogP contribution >= 0.6 is 0 Å². The first kappa shape index (κ1) is 17.0. The van der Waals surface area contributed by atoms with Crippen LogP contribution < -0.4 is 10.6 Å². The van der Waals surface area contributed by atoms with Crippen LogP contribution in [0.3, 0.4) is 0 Å². The first-order valence-electron chi connectivity index (χ1n) is 8.05. The van der Waals surface area contributed by atoms with Crippen LogP contribution in [0.4, 0.5) is 5.69 Å². The van der Waals surface area contributed by atoms with Gasteiger partial charge in [-0.1, -0.05) is 29.8 Å². The lowest BCUT2D eigenvalue weighted by Gasteiger charge is -2.15. The predicted octanol–water partition coefficient (Wildman–Crippen LogP) is 3.15. The van der Waals surface area contributed by atoms with E-state index in [9.17, 15) is 10.1 Å². The summed E-state index contributed by atoms with van der Waals surface area (Å²) in [7, 11) is 1.70. The number of hydrogen-bond acceptors (Lipinski definition) is 3. The van der Waals surface area contributed by atoms with Crippen molar-refractivity contribution in [2.24, 2.45) is 4.99 Å². The molecule has 2 rings (SSSR count). The Balaban J connectivity index is 1.81. The maximum absolute atomic E-state index is 11.0. The molecule has 0 aromatic heterocycles. The Morgan fingerprint density at radius 3 is 2.83 bits per heavy atom. The standard InChI is InChI=1S/C17H24N4O2/c1-18-17(19-12-11-14-7-3-2-4-8-14)20-13-15-9-5-6-10-16(15)21(22)23/h5-7,9-10H,2-4,8,11-13H2,1H3,(H2,18,19,20). The highest BCUT2D eigenvalue weighted by Gasteiger charge is 2.12. The van der Waals surface area contributed by atoms with Crippen LogP contribution in [0.1, 0.15) is 37.7 Å². The lowest BCUT2D eigenvalue weighted by molar-refractivity contribution is -0.385. The fraction of sp³-hybridized carbons (Fsp3) is 0.471. The van der Waals surface area contributed by atoms with Crippen LogP contribution in [0, 0.1) is 10.1 Å². The molecule has 0 saturated carbocycles. The van der Waals surface area contributed by atoms with Crippen molar-refractivity contribution in [2.45, 2.75) is 38.6 Å². The maximum Gasteiger partial charge on any atom is 0.274 e. The molecule has 6 heteroatoms. The Labute approximate surface area is 136 Å². The van der Waals surface area contributed by atoms with Crippen LogP contribution in [0.5, 0.6) is 0 Å². The number of para-hydroxylation sites is 1. The zero-order chi connectivity index (χ0) is 16.5. The van der Waals surface area contributed by atoms with Gasteiger partial charge in [-0.3, -0.25) is 15.1 Å². The zero-order valence-corrected chi connectivity index (χ0v) is 13.5. The third-order valence-corrected chi connectivity index (χ3v) is 3.98. The van der Waals surface area contributed by atoms with Crippen LogP contribution in [0.25, 0.3) is 0 Å². The van der Waals surface area contributed by atoms with E-state index in [-0.39, 0.29) is 10.6 Å². The summed E-state index contributed by atoms with van der Waals surface area (Å²) in [5.41, 5.74) is 2.29. The maximum atomic E-state index is 11.0. The highest BCUT2D eigenvalue weighted by molar-refractivity contribution is 5.79. The summed E-state index contributed by atoms with van der Waals surface area (Å²) in [5, 5.41) is 17.4. The summed E-state index contributed by atoms with van der Waals surface area (Å²) in [6.45, 7) is 1.20. The highest BCUT2D eigenvalue weighted by atomic mass is 16.6. The Hall–Kier alpha value is -2.37. The molecular weight excluding hydrogens is 292 g/mol. The van der Waals surface area contributed by atoms with Crippen LogP contribution in [-0.4, -0.2) is 24.5 Å². The fourth-order valence-corrected chi connectivity index (χ4v) is 2.71. The van der Waals surface area contributed by atoms with Crippen LogP contribution in [0.15, 0.2) is 40.9 Å². The molecule has 1 aromatic rings. The molecule has 0 fully saturated rings. The molecule has 1 aliphatic rings. The number of nitro groups is 1. The molecule has 2 N–H and O–H groups in total. The van der Waals surface area contributed by atoms with Crippen molar-refractivity contribution in [1.82, 2.24) is 10.6 Å². The van der Waals surface area contributed by atoms with E-state index in [1.54, 1.807) is 25.2 Å². The number of nitrogens with one attached hydrogen (secondary N) is 2. The molecule has 0 aliphatic heterocycles. The average molecular weight is 316 g/mol. The molecule has 124 valence electrons. The van der Waals surface area contributed by atoms with E-state index in [0.29, 0.717) is 18.1 Å². The minimum absolute atomic E-state index is 0.128. The van der Waals surface area contributed by atoms with Gasteiger partial charge in [-0.2, -0.15) is 0 Å².